The molecule has 17 heavy (non-hydrogen) atoms. The van der Waals surface area contributed by atoms with Gasteiger partial charge in [-0.05, 0) is 34.6 Å². The van der Waals surface area contributed by atoms with E-state index in [4.69, 9.17) is 6.42 Å². The molecule has 0 bridgehead atoms. The van der Waals surface area contributed by atoms with Crippen LogP contribution >= 0.6 is 0 Å². The average Bonchev–Trinajstić information content (AvgIpc) is 2.47. The average molecular weight is 233 g/mol. The molecule has 94 valence electrons. The summed E-state index contributed by atoms with van der Waals surface area (Å²) in [6.07, 6.45) is 6.01. The Hall–Kier alpha value is -1.27. The van der Waals surface area contributed by atoms with Crippen molar-refractivity contribution < 1.29 is 0 Å². The zero-order valence-corrected chi connectivity index (χ0v) is 11.6. The van der Waals surface area contributed by atoms with Crippen LogP contribution in [0.1, 0.15) is 44.1 Å². The van der Waals surface area contributed by atoms with Crippen LogP contribution in [0, 0.1) is 26.2 Å². The second kappa shape index (κ2) is 5.37. The molecule has 0 unspecified atom stereocenters. The van der Waals surface area contributed by atoms with Gasteiger partial charge in [0.2, 0.25) is 0 Å². The van der Waals surface area contributed by atoms with Crippen LogP contribution in [0.4, 0.5) is 0 Å². The monoisotopic (exact) mass is 233 g/mol. The molecule has 1 rings (SSSR count). The van der Waals surface area contributed by atoms with Gasteiger partial charge < -0.3 is 5.32 Å². The summed E-state index contributed by atoms with van der Waals surface area (Å²) in [7, 11) is 0. The van der Waals surface area contributed by atoms with E-state index < -0.39 is 0 Å². The van der Waals surface area contributed by atoms with Gasteiger partial charge in [-0.25, -0.2) is 0 Å². The summed E-state index contributed by atoms with van der Waals surface area (Å²) in [4.78, 5) is 0. The molecular weight excluding hydrogens is 210 g/mol. The fraction of sp³-hybridized carbons (Fsp3) is 0.643. The quantitative estimate of drug-likeness (QED) is 0.809. The van der Waals surface area contributed by atoms with Gasteiger partial charge in [0, 0.05) is 29.8 Å². The Morgan fingerprint density at radius 1 is 1.35 bits per heavy atom. The molecule has 1 aromatic heterocycles. The van der Waals surface area contributed by atoms with Gasteiger partial charge in [0.05, 0.1) is 12.2 Å². The number of hydrogen-bond donors (Lipinski definition) is 1. The summed E-state index contributed by atoms with van der Waals surface area (Å²) < 4.78 is 2.01. The Morgan fingerprint density at radius 3 is 2.53 bits per heavy atom. The molecule has 0 spiro atoms. The van der Waals surface area contributed by atoms with Gasteiger partial charge in [0.25, 0.3) is 0 Å². The van der Waals surface area contributed by atoms with Crippen molar-refractivity contribution in [1.82, 2.24) is 15.1 Å². The molecule has 0 aliphatic heterocycles. The summed E-state index contributed by atoms with van der Waals surface area (Å²) in [5.41, 5.74) is 3.72. The molecule has 0 fully saturated rings. The van der Waals surface area contributed by atoms with Crippen LogP contribution in [-0.4, -0.2) is 15.3 Å². The van der Waals surface area contributed by atoms with Crippen molar-refractivity contribution in [2.75, 3.05) is 0 Å². The molecule has 3 heteroatoms. The van der Waals surface area contributed by atoms with Crippen LogP contribution in [0.3, 0.4) is 0 Å². The first-order chi connectivity index (χ1) is 7.85. The zero-order valence-electron chi connectivity index (χ0n) is 11.6. The van der Waals surface area contributed by atoms with E-state index in [-0.39, 0.29) is 5.54 Å². The summed E-state index contributed by atoms with van der Waals surface area (Å²) in [5.74, 6) is 2.65. The van der Waals surface area contributed by atoms with E-state index >= 15 is 0 Å². The Bertz CT molecular complexity index is 416. The molecule has 0 radical (unpaired) electrons. The SMILES string of the molecule is C#CCCn1nc(C)c(CNC(C)(C)C)c1C. The molecular formula is C14H23N3. The highest BCUT2D eigenvalue weighted by Gasteiger charge is 2.14. The second-order valence-corrected chi connectivity index (χ2v) is 5.43. The maximum absolute atomic E-state index is 5.28. The molecule has 3 nitrogen and oxygen atoms in total. The minimum Gasteiger partial charge on any atom is -0.308 e. The Morgan fingerprint density at radius 2 is 2.00 bits per heavy atom. The summed E-state index contributed by atoms with van der Waals surface area (Å²) in [6.45, 7) is 12.3. The maximum atomic E-state index is 5.28. The standard InChI is InChI=1S/C14H23N3/c1-7-8-9-17-12(3)13(11(2)16-17)10-15-14(4,5)6/h1,15H,8-10H2,2-6H3. The Balaban J connectivity index is 2.79. The molecule has 1 aromatic rings. The van der Waals surface area contributed by atoms with Crippen LogP contribution in [0.2, 0.25) is 0 Å². The third-order valence-corrected chi connectivity index (χ3v) is 2.79. The van der Waals surface area contributed by atoms with E-state index in [1.54, 1.807) is 0 Å². The summed E-state index contributed by atoms with van der Waals surface area (Å²) in [5, 5.41) is 8.03. The van der Waals surface area contributed by atoms with Gasteiger partial charge in [-0.15, -0.1) is 12.3 Å². The highest BCUT2D eigenvalue weighted by Crippen LogP contribution is 2.14. The lowest BCUT2D eigenvalue weighted by Gasteiger charge is -2.20. The number of hydrogen-bond acceptors (Lipinski definition) is 2. The lowest BCUT2D eigenvalue weighted by molar-refractivity contribution is 0.423. The molecule has 1 N–H and O–H groups in total. The number of terminal acetylenes is 1. The second-order valence-electron chi connectivity index (χ2n) is 5.43. The van der Waals surface area contributed by atoms with Crippen molar-refractivity contribution >= 4 is 0 Å². The molecule has 0 aromatic carbocycles. The summed E-state index contributed by atoms with van der Waals surface area (Å²) >= 11 is 0. The van der Waals surface area contributed by atoms with Crippen LogP contribution in [-0.2, 0) is 13.1 Å². The minimum absolute atomic E-state index is 0.125. The zero-order chi connectivity index (χ0) is 13.1. The van der Waals surface area contributed by atoms with Crippen molar-refractivity contribution in [3.8, 4) is 12.3 Å². The van der Waals surface area contributed by atoms with Crippen molar-refractivity contribution in [2.45, 2.75) is 59.7 Å². The van der Waals surface area contributed by atoms with Crippen LogP contribution in [0.25, 0.3) is 0 Å². The molecule has 0 saturated carbocycles. The smallest absolute Gasteiger partial charge is 0.0641 e. The van der Waals surface area contributed by atoms with Crippen molar-refractivity contribution in [3.05, 3.63) is 17.0 Å². The van der Waals surface area contributed by atoms with Gasteiger partial charge >= 0.3 is 0 Å². The fourth-order valence-electron chi connectivity index (χ4n) is 1.73. The largest absolute Gasteiger partial charge is 0.308 e. The highest BCUT2D eigenvalue weighted by molar-refractivity contribution is 5.24. The lowest BCUT2D eigenvalue weighted by atomic mass is 10.1. The fourth-order valence-corrected chi connectivity index (χ4v) is 1.73. The van der Waals surface area contributed by atoms with Crippen LogP contribution in [0.5, 0.6) is 0 Å². The van der Waals surface area contributed by atoms with E-state index in [9.17, 15) is 0 Å². The number of aromatic nitrogens is 2. The van der Waals surface area contributed by atoms with E-state index in [1.165, 1.54) is 11.3 Å². The third-order valence-electron chi connectivity index (χ3n) is 2.79. The third kappa shape index (κ3) is 3.90. The number of nitrogens with one attached hydrogen (secondary N) is 1. The molecule has 0 saturated heterocycles. The van der Waals surface area contributed by atoms with Crippen LogP contribution < -0.4 is 5.32 Å². The van der Waals surface area contributed by atoms with Crippen molar-refractivity contribution in [1.29, 1.82) is 0 Å². The lowest BCUT2D eigenvalue weighted by Crippen LogP contribution is -2.35. The first-order valence-electron chi connectivity index (χ1n) is 6.06. The normalized spacial score (nSPS) is 11.5. The molecule has 0 aliphatic carbocycles. The van der Waals surface area contributed by atoms with Gasteiger partial charge in [-0.1, -0.05) is 0 Å². The summed E-state index contributed by atoms with van der Waals surface area (Å²) in [6, 6.07) is 0. The minimum atomic E-state index is 0.125. The van der Waals surface area contributed by atoms with E-state index in [0.717, 1.165) is 25.2 Å². The predicted octanol–water partition coefficient (Wildman–Crippen LogP) is 2.41. The molecule has 0 atom stereocenters. The topological polar surface area (TPSA) is 29.9 Å². The van der Waals surface area contributed by atoms with Crippen molar-refractivity contribution in [2.24, 2.45) is 0 Å². The maximum Gasteiger partial charge on any atom is 0.0641 e. The van der Waals surface area contributed by atoms with Crippen molar-refractivity contribution in [3.63, 3.8) is 0 Å². The highest BCUT2D eigenvalue weighted by atomic mass is 15.3. The molecule has 0 aliphatic rings. The van der Waals surface area contributed by atoms with E-state index in [2.05, 4.69) is 51.0 Å². The van der Waals surface area contributed by atoms with E-state index in [0.29, 0.717) is 0 Å². The van der Waals surface area contributed by atoms with Gasteiger partial charge in [-0.2, -0.15) is 5.10 Å². The molecule has 1 heterocycles. The predicted molar refractivity (Wildman–Crippen MR) is 71.7 cm³/mol. The number of rotatable bonds is 4. The van der Waals surface area contributed by atoms with Crippen LogP contribution in [0.15, 0.2) is 0 Å². The number of aryl methyl sites for hydroxylation is 2. The number of nitrogens with zero attached hydrogens (tertiary/aromatic N) is 2. The molecule has 0 amide bonds. The first-order valence-corrected chi connectivity index (χ1v) is 6.06. The van der Waals surface area contributed by atoms with E-state index in [1.807, 2.05) is 4.68 Å². The first kappa shape index (κ1) is 13.8. The van der Waals surface area contributed by atoms with Gasteiger partial charge in [0.1, 0.15) is 0 Å². The Kier molecular flexibility index (Phi) is 4.36. The Labute approximate surface area is 105 Å². The van der Waals surface area contributed by atoms with Gasteiger partial charge in [0.15, 0.2) is 0 Å². The van der Waals surface area contributed by atoms with Gasteiger partial charge in [-0.3, -0.25) is 4.68 Å².